The van der Waals surface area contributed by atoms with Crippen molar-refractivity contribution >= 4 is 29.4 Å². The highest BCUT2D eigenvalue weighted by molar-refractivity contribution is 6.35. The molecule has 4 atom stereocenters. The highest BCUT2D eigenvalue weighted by Crippen LogP contribution is 2.47. The number of carboxylic acid groups (broad SMARTS) is 1. The van der Waals surface area contributed by atoms with Crippen molar-refractivity contribution < 1.29 is 34.8 Å². The van der Waals surface area contributed by atoms with Gasteiger partial charge in [-0.2, -0.15) is 0 Å². The average Bonchev–Trinajstić information content (AvgIpc) is 2.94. The van der Waals surface area contributed by atoms with Gasteiger partial charge >= 0.3 is 5.97 Å². The summed E-state index contributed by atoms with van der Waals surface area (Å²) in [5.74, 6) is -3.95. The number of hydrogen-bond donors (Lipinski definition) is 5. The van der Waals surface area contributed by atoms with Gasteiger partial charge in [0.25, 0.3) is 5.91 Å². The number of carbonyl (C=O) groups is 3. The number of hydrogen-bond acceptors (Lipinski definition) is 7. The van der Waals surface area contributed by atoms with Crippen LogP contribution in [-0.2, 0) is 9.59 Å². The number of benzene rings is 1. The summed E-state index contributed by atoms with van der Waals surface area (Å²) in [4.78, 5) is 39.7. The van der Waals surface area contributed by atoms with Gasteiger partial charge in [-0.3, -0.25) is 9.59 Å². The molecule has 1 aromatic carbocycles. The van der Waals surface area contributed by atoms with Gasteiger partial charge in [-0.1, -0.05) is 18.5 Å². The van der Waals surface area contributed by atoms with Gasteiger partial charge in [0.2, 0.25) is 5.91 Å². The highest BCUT2D eigenvalue weighted by Gasteiger charge is 2.59. The zero-order valence-corrected chi connectivity index (χ0v) is 18.6. The number of β-lactam (4-membered cyclic amide) rings is 1. The zero-order valence-electron chi connectivity index (χ0n) is 17.9. The van der Waals surface area contributed by atoms with E-state index in [1.54, 1.807) is 7.05 Å². The minimum Gasteiger partial charge on any atom is -0.504 e. The molecule has 0 bridgehead atoms. The van der Waals surface area contributed by atoms with E-state index in [1.807, 2.05) is 11.8 Å². The lowest BCUT2D eigenvalue weighted by Gasteiger charge is -2.46. The van der Waals surface area contributed by atoms with Crippen molar-refractivity contribution in [3.8, 4) is 11.5 Å². The number of nitrogens with one attached hydrogen (secondary N) is 1. The molecule has 10 nitrogen and oxygen atoms in total. The quantitative estimate of drug-likeness (QED) is 0.275. The van der Waals surface area contributed by atoms with Crippen LogP contribution >= 0.6 is 11.6 Å². The van der Waals surface area contributed by atoms with Crippen LogP contribution in [0.15, 0.2) is 23.4 Å². The first-order chi connectivity index (χ1) is 15.0. The Morgan fingerprint density at radius 1 is 1.31 bits per heavy atom. The molecule has 11 heteroatoms. The average molecular weight is 468 g/mol. The molecule has 0 radical (unpaired) electrons. The number of halogens is 1. The van der Waals surface area contributed by atoms with Crippen molar-refractivity contribution in [2.24, 2.45) is 11.8 Å². The Morgan fingerprint density at radius 2 is 1.97 bits per heavy atom. The summed E-state index contributed by atoms with van der Waals surface area (Å²) in [6.07, 6.45) is -0.861. The maximum Gasteiger partial charge on any atom is 0.352 e. The van der Waals surface area contributed by atoms with Gasteiger partial charge in [-0.05, 0) is 31.7 Å². The second-order valence-corrected chi connectivity index (χ2v) is 8.60. The molecule has 2 amide bonds. The minimum atomic E-state index is -1.18. The third-order valence-electron chi connectivity index (χ3n) is 6.08. The number of rotatable bonds is 8. The Kier molecular flexibility index (Phi) is 6.68. The number of amides is 2. The molecule has 174 valence electrons. The number of phenols is 2. The van der Waals surface area contributed by atoms with Gasteiger partial charge < -0.3 is 35.5 Å². The van der Waals surface area contributed by atoms with Crippen LogP contribution in [0.3, 0.4) is 0 Å². The Bertz CT molecular complexity index is 994. The number of carbonyl (C=O) groups excluding carboxylic acids is 2. The highest BCUT2D eigenvalue weighted by atomic mass is 35.5. The van der Waals surface area contributed by atoms with E-state index >= 15 is 0 Å². The van der Waals surface area contributed by atoms with Crippen molar-refractivity contribution in [3.05, 3.63) is 34.0 Å². The summed E-state index contributed by atoms with van der Waals surface area (Å²) < 4.78 is 0. The Morgan fingerprint density at radius 3 is 2.56 bits per heavy atom. The summed E-state index contributed by atoms with van der Waals surface area (Å²) in [5.41, 5.74) is 0.572. The van der Waals surface area contributed by atoms with Crippen molar-refractivity contribution in [3.63, 3.8) is 0 Å². The predicted octanol–water partition coefficient (Wildman–Crippen LogP) is 0.609. The maximum atomic E-state index is 12.4. The lowest BCUT2D eigenvalue weighted by molar-refractivity contribution is -0.163. The fourth-order valence-corrected chi connectivity index (χ4v) is 4.65. The molecule has 1 saturated heterocycles. The fraction of sp³-hybridized carbons (Fsp3) is 0.476. The molecule has 1 aromatic rings. The molecule has 0 aliphatic carbocycles. The van der Waals surface area contributed by atoms with Gasteiger partial charge in [0.1, 0.15) is 5.70 Å². The topological polar surface area (TPSA) is 151 Å². The molecular formula is C21H26ClN3O7. The van der Waals surface area contributed by atoms with Crippen LogP contribution < -0.4 is 5.32 Å². The van der Waals surface area contributed by atoms with Crippen molar-refractivity contribution in [2.45, 2.75) is 26.0 Å². The summed E-state index contributed by atoms with van der Waals surface area (Å²) in [5, 5.41) is 41.1. The largest absolute Gasteiger partial charge is 0.504 e. The van der Waals surface area contributed by atoms with Crippen LogP contribution in [0, 0.1) is 11.8 Å². The normalized spacial score (nSPS) is 23.2. The molecule has 2 aliphatic rings. The zero-order chi connectivity index (χ0) is 23.9. The van der Waals surface area contributed by atoms with Gasteiger partial charge in [0.05, 0.1) is 28.6 Å². The van der Waals surface area contributed by atoms with Crippen LogP contribution in [-0.4, -0.2) is 86.8 Å². The molecule has 2 aliphatic heterocycles. The standard InChI is InChI=1S/C21H26ClN3O7/c1-9-12(17(21(31)32)25-16(9)14(10(2)26)20(25)30)8-24(3)7-6-23-19(29)11-4-5-13(27)18(28)15(11)22/h4-5,9-10,14,16,26-28H,6-8H2,1-3H3,(H,23,29)(H,31,32)/t9-,10+,14+,16+/m0/s1. The monoisotopic (exact) mass is 467 g/mol. The van der Waals surface area contributed by atoms with Crippen molar-refractivity contribution in [2.75, 3.05) is 26.7 Å². The number of carboxylic acids is 1. The maximum absolute atomic E-state index is 12.4. The summed E-state index contributed by atoms with van der Waals surface area (Å²) >= 11 is 5.90. The molecule has 0 saturated carbocycles. The Labute approximate surface area is 189 Å². The van der Waals surface area contributed by atoms with E-state index < -0.39 is 35.4 Å². The molecule has 2 heterocycles. The number of likely N-dealkylation sites (N-methyl/N-ethyl adjacent to an activating group) is 1. The molecule has 0 spiro atoms. The van der Waals surface area contributed by atoms with E-state index in [9.17, 15) is 34.8 Å². The lowest BCUT2D eigenvalue weighted by Crippen LogP contribution is -2.63. The van der Waals surface area contributed by atoms with Crippen molar-refractivity contribution in [1.82, 2.24) is 15.1 Å². The molecule has 5 N–H and O–H groups in total. The molecule has 32 heavy (non-hydrogen) atoms. The second-order valence-electron chi connectivity index (χ2n) is 8.22. The lowest BCUT2D eigenvalue weighted by atomic mass is 9.77. The van der Waals surface area contributed by atoms with E-state index in [1.165, 1.54) is 17.9 Å². The van der Waals surface area contributed by atoms with E-state index in [-0.39, 0.29) is 47.2 Å². The van der Waals surface area contributed by atoms with Crippen LogP contribution in [0.1, 0.15) is 24.2 Å². The molecular weight excluding hydrogens is 442 g/mol. The summed E-state index contributed by atoms with van der Waals surface area (Å²) in [6, 6.07) is 2.08. The van der Waals surface area contributed by atoms with E-state index in [2.05, 4.69) is 5.32 Å². The smallest absolute Gasteiger partial charge is 0.352 e. The van der Waals surface area contributed by atoms with Gasteiger partial charge in [0, 0.05) is 25.6 Å². The first-order valence-electron chi connectivity index (χ1n) is 10.1. The Hall–Kier alpha value is -2.82. The van der Waals surface area contributed by atoms with Gasteiger partial charge in [0.15, 0.2) is 11.5 Å². The third-order valence-corrected chi connectivity index (χ3v) is 6.46. The number of phenolic OH excluding ortho intramolecular Hbond substituents is 2. The number of fused-ring (bicyclic) bond motifs is 1. The predicted molar refractivity (Wildman–Crippen MR) is 114 cm³/mol. The van der Waals surface area contributed by atoms with Gasteiger partial charge in [-0.15, -0.1) is 0 Å². The molecule has 0 unspecified atom stereocenters. The second kappa shape index (κ2) is 8.97. The number of aliphatic carboxylic acids is 1. The molecule has 0 aromatic heterocycles. The number of aromatic hydroxyl groups is 2. The van der Waals surface area contributed by atoms with Crippen LogP contribution in [0.25, 0.3) is 0 Å². The first kappa shape index (κ1) is 23.8. The first-order valence-corrected chi connectivity index (χ1v) is 10.5. The van der Waals surface area contributed by atoms with Crippen molar-refractivity contribution in [1.29, 1.82) is 0 Å². The Balaban J connectivity index is 1.63. The minimum absolute atomic E-state index is 0.0111. The van der Waals surface area contributed by atoms with E-state index in [4.69, 9.17) is 11.6 Å². The summed E-state index contributed by atoms with van der Waals surface area (Å²) in [7, 11) is 1.76. The van der Waals surface area contributed by atoms with Crippen LogP contribution in [0.5, 0.6) is 11.5 Å². The molecule has 1 fully saturated rings. The summed E-state index contributed by atoms with van der Waals surface area (Å²) in [6.45, 7) is 4.22. The SMILES string of the molecule is C[C@@H](O)[C@H]1C(=O)N2C(C(=O)O)=C(CN(C)CCNC(=O)c3ccc(O)c(O)c3Cl)[C@H](C)[C@H]12. The number of nitrogens with zero attached hydrogens (tertiary/aromatic N) is 2. The number of aliphatic hydroxyl groups excluding tert-OH is 1. The van der Waals surface area contributed by atoms with E-state index in [0.29, 0.717) is 12.1 Å². The number of aliphatic hydroxyl groups is 1. The fourth-order valence-electron chi connectivity index (χ4n) is 4.41. The van der Waals surface area contributed by atoms with Crippen LogP contribution in [0.2, 0.25) is 5.02 Å². The third kappa shape index (κ3) is 4.01. The van der Waals surface area contributed by atoms with Crippen LogP contribution in [0.4, 0.5) is 0 Å². The molecule has 3 rings (SSSR count). The van der Waals surface area contributed by atoms with Gasteiger partial charge in [-0.25, -0.2) is 4.79 Å². The van der Waals surface area contributed by atoms with E-state index in [0.717, 1.165) is 6.07 Å².